The van der Waals surface area contributed by atoms with Gasteiger partial charge in [-0.2, -0.15) is 0 Å². The van der Waals surface area contributed by atoms with Gasteiger partial charge in [-0.25, -0.2) is 0 Å². The first-order valence-electron chi connectivity index (χ1n) is 8.12. The number of ketones is 1. The van der Waals surface area contributed by atoms with Crippen LogP contribution >= 0.6 is 23.1 Å². The predicted octanol–water partition coefficient (Wildman–Crippen LogP) is 6.41. The first-order valence-corrected chi connectivity index (χ1v) is 10.2. The lowest BCUT2D eigenvalue weighted by Crippen LogP contribution is -1.90. The number of methoxy groups -OCH3 is 1. The van der Waals surface area contributed by atoms with E-state index in [2.05, 4.69) is 30.5 Å². The lowest BCUT2D eigenvalue weighted by molar-refractivity contribution is 0.0992. The van der Waals surface area contributed by atoms with E-state index in [4.69, 9.17) is 4.74 Å². The van der Waals surface area contributed by atoms with Gasteiger partial charge >= 0.3 is 0 Å². The average Bonchev–Trinajstić information content (AvgIpc) is 3.13. The van der Waals surface area contributed by atoms with Gasteiger partial charge in [-0.05, 0) is 59.8 Å². The highest BCUT2D eigenvalue weighted by molar-refractivity contribution is 7.98. The van der Waals surface area contributed by atoms with Crippen LogP contribution in [0.25, 0.3) is 21.6 Å². The summed E-state index contributed by atoms with van der Waals surface area (Å²) in [6.45, 7) is 1.90. The van der Waals surface area contributed by atoms with E-state index in [0.717, 1.165) is 32.2 Å². The van der Waals surface area contributed by atoms with Crippen LogP contribution in [0, 0.1) is 0 Å². The molecule has 0 aliphatic carbocycles. The maximum atomic E-state index is 12.2. The first kappa shape index (κ1) is 17.8. The third kappa shape index (κ3) is 3.80. The Balaban J connectivity index is 2.10. The van der Waals surface area contributed by atoms with E-state index in [9.17, 15) is 4.79 Å². The van der Waals surface area contributed by atoms with Crippen molar-refractivity contribution in [2.24, 2.45) is 0 Å². The van der Waals surface area contributed by atoms with E-state index in [1.54, 1.807) is 30.2 Å². The summed E-state index contributed by atoms with van der Waals surface area (Å²) in [5.41, 5.74) is 3.35. The summed E-state index contributed by atoms with van der Waals surface area (Å²) in [5.74, 6) is 1.02. The van der Waals surface area contributed by atoms with Gasteiger partial charge < -0.3 is 4.74 Å². The molecular weight excluding hydrogens is 348 g/mol. The Morgan fingerprint density at radius 3 is 2.24 bits per heavy atom. The lowest BCUT2D eigenvalue weighted by atomic mass is 10.0. The van der Waals surface area contributed by atoms with Crippen LogP contribution in [0.15, 0.2) is 59.5 Å². The number of thiophene rings is 1. The number of hydrogen-bond donors (Lipinski definition) is 0. The Kier molecular flexibility index (Phi) is 5.61. The minimum atomic E-state index is 0.187. The zero-order valence-corrected chi connectivity index (χ0v) is 16.2. The monoisotopic (exact) mass is 368 g/mol. The number of Topliss-reactive ketones (excluding diaryl/α,β-unsaturated/α-hetero) is 1. The summed E-state index contributed by atoms with van der Waals surface area (Å²) < 4.78 is 5.25. The van der Waals surface area contributed by atoms with Crippen molar-refractivity contribution in [2.45, 2.75) is 18.2 Å². The molecule has 2 nitrogen and oxygen atoms in total. The van der Waals surface area contributed by atoms with Gasteiger partial charge in [0.1, 0.15) is 5.75 Å². The highest BCUT2D eigenvalue weighted by Gasteiger charge is 2.16. The number of rotatable bonds is 6. The van der Waals surface area contributed by atoms with Crippen molar-refractivity contribution in [3.8, 4) is 27.3 Å². The maximum Gasteiger partial charge on any atom is 0.172 e. The third-order valence-electron chi connectivity index (χ3n) is 4.08. The molecule has 0 radical (unpaired) electrons. The highest BCUT2D eigenvalue weighted by Crippen LogP contribution is 2.40. The largest absolute Gasteiger partial charge is 0.497 e. The van der Waals surface area contributed by atoms with Crippen LogP contribution in [0.2, 0.25) is 0 Å². The number of carbonyl (C=O) groups excluding carboxylic acids is 1. The Bertz CT molecular complexity index is 797. The molecule has 0 saturated heterocycles. The van der Waals surface area contributed by atoms with E-state index in [1.165, 1.54) is 4.90 Å². The fourth-order valence-electron chi connectivity index (χ4n) is 2.64. The van der Waals surface area contributed by atoms with Crippen LogP contribution in [0.1, 0.15) is 23.0 Å². The Morgan fingerprint density at radius 2 is 1.68 bits per heavy atom. The molecule has 1 heterocycles. The van der Waals surface area contributed by atoms with Crippen molar-refractivity contribution in [2.75, 3.05) is 13.4 Å². The molecule has 4 heteroatoms. The van der Waals surface area contributed by atoms with Gasteiger partial charge in [0.15, 0.2) is 5.78 Å². The van der Waals surface area contributed by atoms with Crippen molar-refractivity contribution >= 4 is 28.9 Å². The van der Waals surface area contributed by atoms with E-state index >= 15 is 0 Å². The number of hydrogen-bond acceptors (Lipinski definition) is 4. The number of carbonyl (C=O) groups is 1. The molecule has 0 unspecified atom stereocenters. The Labute approximate surface area is 156 Å². The van der Waals surface area contributed by atoms with E-state index in [0.29, 0.717) is 6.42 Å². The zero-order valence-electron chi connectivity index (χ0n) is 14.5. The molecule has 0 saturated carbocycles. The van der Waals surface area contributed by atoms with Crippen molar-refractivity contribution in [1.29, 1.82) is 0 Å². The normalized spacial score (nSPS) is 10.7. The van der Waals surface area contributed by atoms with Gasteiger partial charge in [0, 0.05) is 21.8 Å². The van der Waals surface area contributed by atoms with Crippen LogP contribution in [0.5, 0.6) is 5.75 Å². The number of thioether (sulfide) groups is 1. The summed E-state index contributed by atoms with van der Waals surface area (Å²) in [6.07, 6.45) is 2.59. The molecule has 0 aliphatic rings. The number of benzene rings is 2. The van der Waals surface area contributed by atoms with Gasteiger partial charge in [-0.1, -0.05) is 19.1 Å². The topological polar surface area (TPSA) is 26.3 Å². The molecule has 3 aromatic rings. The summed E-state index contributed by atoms with van der Waals surface area (Å²) in [4.78, 5) is 15.4. The second-order valence-corrected chi connectivity index (χ2v) is 7.52. The molecule has 0 atom stereocenters. The summed E-state index contributed by atoms with van der Waals surface area (Å²) in [7, 11) is 1.66. The van der Waals surface area contributed by atoms with Crippen LogP contribution in [-0.4, -0.2) is 19.1 Å². The molecule has 2 aromatic carbocycles. The van der Waals surface area contributed by atoms with Gasteiger partial charge in [0.05, 0.1) is 12.0 Å². The minimum absolute atomic E-state index is 0.187. The van der Waals surface area contributed by atoms with E-state index in [-0.39, 0.29) is 5.78 Å². The first-order chi connectivity index (χ1) is 12.2. The van der Waals surface area contributed by atoms with Gasteiger partial charge in [0.2, 0.25) is 0 Å². The molecular formula is C21H20O2S2. The lowest BCUT2D eigenvalue weighted by Gasteiger charge is -2.06. The highest BCUT2D eigenvalue weighted by atomic mass is 32.2. The van der Waals surface area contributed by atoms with Crippen molar-refractivity contribution < 1.29 is 9.53 Å². The molecule has 128 valence electrons. The van der Waals surface area contributed by atoms with Gasteiger partial charge in [-0.15, -0.1) is 23.1 Å². The molecule has 0 aliphatic heterocycles. The molecule has 0 spiro atoms. The molecule has 0 fully saturated rings. The van der Waals surface area contributed by atoms with E-state index < -0.39 is 0 Å². The molecule has 0 bridgehead atoms. The van der Waals surface area contributed by atoms with Crippen molar-refractivity contribution in [3.63, 3.8) is 0 Å². The van der Waals surface area contributed by atoms with Crippen molar-refractivity contribution in [3.05, 3.63) is 59.5 Å². The molecule has 3 rings (SSSR count). The van der Waals surface area contributed by atoms with Crippen molar-refractivity contribution in [1.82, 2.24) is 0 Å². The van der Waals surface area contributed by atoms with E-state index in [1.807, 2.05) is 37.3 Å². The zero-order chi connectivity index (χ0) is 17.8. The quantitative estimate of drug-likeness (QED) is 0.372. The average molecular weight is 369 g/mol. The second-order valence-electron chi connectivity index (χ2n) is 5.59. The van der Waals surface area contributed by atoms with Crippen LogP contribution in [0.3, 0.4) is 0 Å². The van der Waals surface area contributed by atoms with Gasteiger partial charge in [-0.3, -0.25) is 4.79 Å². The second kappa shape index (κ2) is 7.89. The fraction of sp³-hybridized carbons (Fsp3) is 0.190. The predicted molar refractivity (Wildman–Crippen MR) is 108 cm³/mol. The summed E-state index contributed by atoms with van der Waals surface area (Å²) in [5, 5.41) is 0. The number of ether oxygens (including phenoxy) is 1. The van der Waals surface area contributed by atoms with Crippen LogP contribution in [-0.2, 0) is 0 Å². The van der Waals surface area contributed by atoms with Gasteiger partial charge in [0.25, 0.3) is 0 Å². The fourth-order valence-corrected chi connectivity index (χ4v) is 4.25. The maximum absolute atomic E-state index is 12.2. The molecule has 25 heavy (non-hydrogen) atoms. The third-order valence-corrected chi connectivity index (χ3v) is 6.05. The van der Waals surface area contributed by atoms with Crippen LogP contribution in [0.4, 0.5) is 0 Å². The van der Waals surface area contributed by atoms with Crippen LogP contribution < -0.4 is 4.74 Å². The molecule has 0 N–H and O–H groups in total. The SMILES string of the molecule is CCC(=O)c1cc(-c2ccc(SC)cc2)c(-c2ccc(OC)cc2)s1. The summed E-state index contributed by atoms with van der Waals surface area (Å²) >= 11 is 3.29. The molecule has 0 amide bonds. The Morgan fingerprint density at radius 1 is 1.04 bits per heavy atom. The molecule has 1 aromatic heterocycles. The smallest absolute Gasteiger partial charge is 0.172 e. The minimum Gasteiger partial charge on any atom is -0.497 e. The standard InChI is InChI=1S/C21H20O2S2/c1-4-19(22)20-13-18(14-7-11-17(24-3)12-8-14)21(25-20)15-5-9-16(23-2)10-6-15/h5-13H,4H2,1-3H3. The Hall–Kier alpha value is -2.04. The summed E-state index contributed by atoms with van der Waals surface area (Å²) in [6, 6.07) is 18.5.